The van der Waals surface area contributed by atoms with Crippen LogP contribution in [-0.2, 0) is 13.6 Å². The lowest BCUT2D eigenvalue weighted by Gasteiger charge is -2.19. The van der Waals surface area contributed by atoms with Crippen molar-refractivity contribution in [3.8, 4) is 0 Å². The van der Waals surface area contributed by atoms with Crippen molar-refractivity contribution in [2.45, 2.75) is 38.2 Å². The van der Waals surface area contributed by atoms with Gasteiger partial charge in [-0.1, -0.05) is 35.0 Å². The molecule has 3 heterocycles. The molecule has 2 atom stereocenters. The molecule has 10 heteroatoms. The Labute approximate surface area is 186 Å². The highest BCUT2D eigenvalue weighted by molar-refractivity contribution is 5.73. The number of imidazole rings is 1. The summed E-state index contributed by atoms with van der Waals surface area (Å²) in [5.74, 6) is 1.54. The quantitative estimate of drug-likeness (QED) is 0.459. The number of fused-ring (bicyclic) bond motifs is 3. The lowest BCUT2D eigenvalue weighted by Crippen LogP contribution is -2.22. The van der Waals surface area contributed by atoms with E-state index in [1.165, 1.54) is 34.2 Å². The summed E-state index contributed by atoms with van der Waals surface area (Å²) in [7, 11) is 1.75. The minimum Gasteiger partial charge on any atom is -0.337 e. The predicted molar refractivity (Wildman–Crippen MR) is 115 cm³/mol. The molecule has 2 aliphatic rings. The number of hydrogen-bond acceptors (Lipinski definition) is 6. The van der Waals surface area contributed by atoms with Crippen molar-refractivity contribution in [1.82, 2.24) is 29.2 Å². The number of nitrogens with zero attached hydrogens (tertiary/aromatic N) is 6. The van der Waals surface area contributed by atoms with E-state index in [-0.39, 0.29) is 23.6 Å². The molecule has 4 aromatic rings. The first-order valence-corrected chi connectivity index (χ1v) is 10.8. The first-order chi connectivity index (χ1) is 16.0. The molecule has 2 bridgehead atoms. The maximum Gasteiger partial charge on any atom is 0.280 e. The van der Waals surface area contributed by atoms with Gasteiger partial charge in [0.15, 0.2) is 17.0 Å². The Morgan fingerprint density at radius 1 is 1.12 bits per heavy atom. The third-order valence-corrected chi connectivity index (χ3v) is 6.77. The van der Waals surface area contributed by atoms with Crippen LogP contribution in [0.4, 0.5) is 8.78 Å². The van der Waals surface area contributed by atoms with E-state index in [1.54, 1.807) is 30.1 Å². The smallest absolute Gasteiger partial charge is 0.280 e. The zero-order valence-electron chi connectivity index (χ0n) is 17.8. The summed E-state index contributed by atoms with van der Waals surface area (Å²) in [6.45, 7) is 0.141. The third-order valence-electron chi connectivity index (χ3n) is 6.77. The van der Waals surface area contributed by atoms with Crippen LogP contribution in [0.3, 0.4) is 0 Å². The predicted octanol–water partition coefficient (Wildman–Crippen LogP) is 3.85. The van der Waals surface area contributed by atoms with Gasteiger partial charge in [0.1, 0.15) is 12.9 Å². The van der Waals surface area contributed by atoms with E-state index in [0.717, 1.165) is 24.8 Å². The van der Waals surface area contributed by atoms with Gasteiger partial charge in [0.05, 0.1) is 6.33 Å². The average molecular weight is 450 g/mol. The molecule has 0 radical (unpaired) electrons. The number of halogens is 2. The summed E-state index contributed by atoms with van der Waals surface area (Å²) in [6, 6.07) is 6.58. The van der Waals surface area contributed by atoms with Crippen LogP contribution in [0.1, 0.15) is 54.4 Å². The van der Waals surface area contributed by atoms with Crippen molar-refractivity contribution in [3.63, 3.8) is 0 Å². The summed E-state index contributed by atoms with van der Waals surface area (Å²) < 4.78 is 34.2. The van der Waals surface area contributed by atoms with Gasteiger partial charge in [-0.25, -0.2) is 18.7 Å². The number of rotatable bonds is 5. The lowest BCUT2D eigenvalue weighted by atomic mass is 9.85. The zero-order chi connectivity index (χ0) is 22.7. The van der Waals surface area contributed by atoms with Crippen molar-refractivity contribution in [1.29, 1.82) is 0 Å². The summed E-state index contributed by atoms with van der Waals surface area (Å²) in [4.78, 5) is 25.6. The molecule has 0 N–H and O–H groups in total. The third kappa shape index (κ3) is 3.28. The van der Waals surface area contributed by atoms with Crippen LogP contribution >= 0.6 is 0 Å². The average Bonchev–Trinajstić information content (AvgIpc) is 3.59. The molecule has 1 fully saturated rings. The number of hydrogen-bond donors (Lipinski definition) is 0. The van der Waals surface area contributed by atoms with Gasteiger partial charge in [-0.3, -0.25) is 9.36 Å². The second kappa shape index (κ2) is 7.43. The second-order valence-electron chi connectivity index (χ2n) is 8.74. The number of benzene rings is 1. The molecule has 33 heavy (non-hydrogen) atoms. The summed E-state index contributed by atoms with van der Waals surface area (Å²) in [5, 5.41) is 4.20. The molecular formula is C23H20F2N6O2. The van der Waals surface area contributed by atoms with E-state index < -0.39 is 6.43 Å². The van der Waals surface area contributed by atoms with Gasteiger partial charge in [-0.05, 0) is 36.3 Å². The van der Waals surface area contributed by atoms with E-state index >= 15 is 0 Å². The van der Waals surface area contributed by atoms with Crippen LogP contribution in [0.5, 0.6) is 0 Å². The maximum atomic E-state index is 12.8. The highest BCUT2D eigenvalue weighted by Crippen LogP contribution is 2.54. The minimum atomic E-state index is -2.45. The van der Waals surface area contributed by atoms with E-state index in [2.05, 4.69) is 20.1 Å². The molecule has 0 amide bonds. The Balaban J connectivity index is 1.21. The largest absolute Gasteiger partial charge is 0.337 e. The molecule has 1 aromatic carbocycles. The van der Waals surface area contributed by atoms with E-state index in [4.69, 9.17) is 4.52 Å². The molecule has 8 nitrogen and oxygen atoms in total. The van der Waals surface area contributed by atoms with Gasteiger partial charge < -0.3 is 9.09 Å². The first-order valence-electron chi connectivity index (χ1n) is 10.8. The van der Waals surface area contributed by atoms with Crippen molar-refractivity contribution in [2.24, 2.45) is 13.0 Å². The van der Waals surface area contributed by atoms with Gasteiger partial charge in [-0.2, -0.15) is 4.98 Å². The molecule has 0 aliphatic heterocycles. The van der Waals surface area contributed by atoms with Crippen LogP contribution in [0, 0.1) is 5.92 Å². The number of allylic oxidation sites excluding steroid dienone is 2. The van der Waals surface area contributed by atoms with Gasteiger partial charge >= 0.3 is 0 Å². The SMILES string of the molecule is Cn1cnc2ncn(Cc3nc([C@@H]4CC5=C(c6ccc(C(F)F)cc6)C[C@@H]4C5)no3)c(=O)c21. The minimum absolute atomic E-state index is 0.0431. The van der Waals surface area contributed by atoms with Crippen LogP contribution in [-0.4, -0.2) is 29.2 Å². The zero-order valence-corrected chi connectivity index (χ0v) is 17.8. The molecule has 1 saturated carbocycles. The number of aryl methyl sites for hydroxylation is 1. The van der Waals surface area contributed by atoms with Crippen molar-refractivity contribution in [2.75, 3.05) is 0 Å². The lowest BCUT2D eigenvalue weighted by molar-refractivity contribution is 0.151. The van der Waals surface area contributed by atoms with Gasteiger partial charge in [-0.15, -0.1) is 0 Å². The molecule has 0 spiro atoms. The Morgan fingerprint density at radius 3 is 2.64 bits per heavy atom. The fourth-order valence-electron chi connectivity index (χ4n) is 5.11. The monoisotopic (exact) mass is 450 g/mol. The molecule has 2 aliphatic carbocycles. The fraction of sp³-hybridized carbons (Fsp3) is 0.348. The number of aromatic nitrogens is 6. The standard InChI is InChI=1S/C23H20F2N6O2/c1-30-10-26-22-19(30)23(32)31(11-27-22)9-18-28-21(29-33-18)17-8-14-6-15(17)7-16(14)12-2-4-13(5-3-12)20(24)25/h2-5,10-11,15,17,20H,6-9H2,1H3/t15-,17+/m0/s1. The van der Waals surface area contributed by atoms with Crippen molar-refractivity contribution < 1.29 is 13.3 Å². The normalized spacial score (nSPS) is 20.0. The van der Waals surface area contributed by atoms with Gasteiger partial charge in [0, 0.05) is 18.5 Å². The van der Waals surface area contributed by atoms with Crippen LogP contribution in [0.25, 0.3) is 16.7 Å². The highest BCUT2D eigenvalue weighted by atomic mass is 19.3. The van der Waals surface area contributed by atoms with Gasteiger partial charge in [0.2, 0.25) is 5.89 Å². The topological polar surface area (TPSA) is 91.6 Å². The van der Waals surface area contributed by atoms with Crippen LogP contribution < -0.4 is 5.56 Å². The maximum absolute atomic E-state index is 12.8. The van der Waals surface area contributed by atoms with Crippen molar-refractivity contribution >= 4 is 16.7 Å². The Kier molecular flexibility index (Phi) is 4.49. The van der Waals surface area contributed by atoms with Gasteiger partial charge in [0.25, 0.3) is 12.0 Å². The van der Waals surface area contributed by atoms with Crippen LogP contribution in [0.2, 0.25) is 0 Å². The Morgan fingerprint density at radius 2 is 1.91 bits per heavy atom. The van der Waals surface area contributed by atoms with E-state index in [9.17, 15) is 13.6 Å². The van der Waals surface area contributed by atoms with E-state index in [1.807, 2.05) is 0 Å². The molecule has 0 unspecified atom stereocenters. The second-order valence-corrected chi connectivity index (χ2v) is 8.74. The molecule has 6 rings (SSSR count). The molecular weight excluding hydrogens is 430 g/mol. The highest BCUT2D eigenvalue weighted by Gasteiger charge is 2.41. The molecule has 0 saturated heterocycles. The fourth-order valence-corrected chi connectivity index (χ4v) is 5.11. The number of alkyl halides is 2. The summed E-state index contributed by atoms with van der Waals surface area (Å²) in [6.07, 6.45) is 3.21. The first kappa shape index (κ1) is 20.0. The van der Waals surface area contributed by atoms with E-state index in [0.29, 0.717) is 28.8 Å². The van der Waals surface area contributed by atoms with Crippen molar-refractivity contribution in [3.05, 3.63) is 75.7 Å². The molecule has 3 aromatic heterocycles. The Hall–Kier alpha value is -3.69. The summed E-state index contributed by atoms with van der Waals surface area (Å²) >= 11 is 0. The van der Waals surface area contributed by atoms with Crippen LogP contribution in [0.15, 0.2) is 51.8 Å². The Bertz CT molecular complexity index is 1450. The summed E-state index contributed by atoms with van der Waals surface area (Å²) in [5.41, 5.74) is 4.26. The molecule has 168 valence electrons.